The van der Waals surface area contributed by atoms with E-state index < -0.39 is 11.9 Å². The fourth-order valence-electron chi connectivity index (χ4n) is 3.53. The second-order valence-electron chi connectivity index (χ2n) is 8.78. The van der Waals surface area contributed by atoms with E-state index in [0.717, 1.165) is 56.6 Å². The van der Waals surface area contributed by atoms with Gasteiger partial charge in [-0.3, -0.25) is 0 Å². The quantitative estimate of drug-likeness (QED) is 0.0890. The first-order chi connectivity index (χ1) is 19.0. The van der Waals surface area contributed by atoms with E-state index in [-0.39, 0.29) is 5.97 Å². The first kappa shape index (κ1) is 31.1. The highest BCUT2D eigenvalue weighted by molar-refractivity contribution is 5.88. The van der Waals surface area contributed by atoms with Crippen LogP contribution in [0.15, 0.2) is 79.9 Å². The Hall–Kier alpha value is -4.13. The predicted molar refractivity (Wildman–Crippen MR) is 151 cm³/mol. The number of rotatable bonds is 19. The highest BCUT2D eigenvalue weighted by Gasteiger charge is 2.03. The molecule has 7 heteroatoms. The van der Waals surface area contributed by atoms with E-state index in [1.54, 1.807) is 30.3 Å². The lowest BCUT2D eigenvalue weighted by Crippen LogP contribution is -2.05. The molecule has 0 radical (unpaired) electrons. The average molecular weight is 535 g/mol. The van der Waals surface area contributed by atoms with Gasteiger partial charge < -0.3 is 18.9 Å². The van der Waals surface area contributed by atoms with Crippen LogP contribution in [0.3, 0.4) is 0 Å². The van der Waals surface area contributed by atoms with Crippen LogP contribution in [0.1, 0.15) is 56.1 Å². The fraction of sp³-hybridized carbons (Fsp3) is 0.344. The Kier molecular flexibility index (Phi) is 15.2. The summed E-state index contributed by atoms with van der Waals surface area (Å²) in [6.07, 6.45) is 13.2. The minimum Gasteiger partial charge on any atom is -0.494 e. The monoisotopic (exact) mass is 534 g/mol. The van der Waals surface area contributed by atoms with Gasteiger partial charge in [0.25, 0.3) is 0 Å². The van der Waals surface area contributed by atoms with E-state index in [4.69, 9.17) is 18.9 Å². The summed E-state index contributed by atoms with van der Waals surface area (Å²) in [5.41, 5.74) is 2.18. The van der Waals surface area contributed by atoms with Gasteiger partial charge in [0, 0.05) is 18.2 Å². The van der Waals surface area contributed by atoms with E-state index in [1.807, 2.05) is 12.1 Å². The zero-order valence-corrected chi connectivity index (χ0v) is 22.5. The van der Waals surface area contributed by atoms with Crippen molar-refractivity contribution in [1.82, 2.24) is 0 Å². The first-order valence-corrected chi connectivity index (χ1v) is 13.3. The molecule has 0 unspecified atom stereocenters. The summed E-state index contributed by atoms with van der Waals surface area (Å²) >= 11 is 0. The topological polar surface area (TPSA) is 88.1 Å². The molecule has 0 aliphatic rings. The molecule has 2 rings (SSSR count). The Morgan fingerprint density at radius 3 is 1.79 bits per heavy atom. The van der Waals surface area contributed by atoms with Crippen LogP contribution in [0, 0.1) is 0 Å². The summed E-state index contributed by atoms with van der Waals surface area (Å²) in [7, 11) is 0. The minimum absolute atomic E-state index is 0.334. The van der Waals surface area contributed by atoms with Crippen LogP contribution in [0.25, 0.3) is 6.08 Å². The Morgan fingerprint density at radius 2 is 1.15 bits per heavy atom. The van der Waals surface area contributed by atoms with E-state index in [9.17, 15) is 14.4 Å². The second kappa shape index (κ2) is 19.0. The Balaban J connectivity index is 1.60. The highest BCUT2D eigenvalue weighted by Crippen LogP contribution is 2.18. The molecule has 0 aliphatic carbocycles. The van der Waals surface area contributed by atoms with E-state index in [0.29, 0.717) is 37.7 Å². The molecule has 0 aliphatic heterocycles. The molecular formula is C32H38O7. The standard InChI is InChI=1S/C32H38O7/c1-3-30(33)37-24-9-7-5-6-8-12-26-13-15-27(16-14-26)17-22-32(35)39-29-20-18-28(19-21-29)36-23-10-11-25-38-31(34)4-2/h3-4,13-22H,1-2,5-12,23-25H2. The van der Waals surface area contributed by atoms with Gasteiger partial charge in [-0.15, -0.1) is 0 Å². The third kappa shape index (κ3) is 14.4. The average Bonchev–Trinajstić information content (AvgIpc) is 2.96. The van der Waals surface area contributed by atoms with Crippen molar-refractivity contribution in [2.24, 2.45) is 0 Å². The number of carbonyl (C=O) groups excluding carboxylic acids is 3. The minimum atomic E-state index is -0.457. The molecule has 2 aromatic rings. The number of unbranched alkanes of at least 4 members (excludes halogenated alkanes) is 5. The SMILES string of the molecule is C=CC(=O)OCCCCCCCc1ccc(C=CC(=O)Oc2ccc(OCCCCOC(=O)C=C)cc2)cc1. The number of aryl methyl sites for hydroxylation is 1. The fourth-order valence-corrected chi connectivity index (χ4v) is 3.53. The Morgan fingerprint density at radius 1 is 0.615 bits per heavy atom. The zero-order valence-electron chi connectivity index (χ0n) is 22.5. The van der Waals surface area contributed by atoms with E-state index >= 15 is 0 Å². The van der Waals surface area contributed by atoms with Gasteiger partial charge in [0.15, 0.2) is 0 Å². The van der Waals surface area contributed by atoms with Gasteiger partial charge in [-0.25, -0.2) is 14.4 Å². The lowest BCUT2D eigenvalue weighted by atomic mass is 10.0. The van der Waals surface area contributed by atoms with Crippen molar-refractivity contribution in [2.75, 3.05) is 19.8 Å². The number of hydrogen-bond donors (Lipinski definition) is 0. The van der Waals surface area contributed by atoms with Crippen LogP contribution in [0.5, 0.6) is 11.5 Å². The third-order valence-corrected chi connectivity index (χ3v) is 5.67. The molecule has 208 valence electrons. The van der Waals surface area contributed by atoms with Crippen molar-refractivity contribution < 1.29 is 33.3 Å². The van der Waals surface area contributed by atoms with Gasteiger partial charge in [-0.05, 0) is 73.6 Å². The maximum atomic E-state index is 12.2. The molecule has 0 heterocycles. The second-order valence-corrected chi connectivity index (χ2v) is 8.78. The molecule has 39 heavy (non-hydrogen) atoms. The summed E-state index contributed by atoms with van der Waals surface area (Å²) in [5.74, 6) is -0.146. The van der Waals surface area contributed by atoms with E-state index in [1.165, 1.54) is 17.7 Å². The molecule has 2 aromatic carbocycles. The molecule has 0 fully saturated rings. The summed E-state index contributed by atoms with van der Waals surface area (Å²) in [4.78, 5) is 34.1. The molecule has 7 nitrogen and oxygen atoms in total. The smallest absolute Gasteiger partial charge is 0.336 e. The van der Waals surface area contributed by atoms with Crippen molar-refractivity contribution >= 4 is 24.0 Å². The van der Waals surface area contributed by atoms with Gasteiger partial charge in [-0.2, -0.15) is 0 Å². The molecule has 0 spiro atoms. The molecule has 0 aromatic heterocycles. The lowest BCUT2D eigenvalue weighted by Gasteiger charge is -2.07. The number of hydrogen-bond acceptors (Lipinski definition) is 7. The van der Waals surface area contributed by atoms with Crippen LogP contribution in [0.2, 0.25) is 0 Å². The number of ether oxygens (including phenoxy) is 4. The Labute approximate surface area is 231 Å². The van der Waals surface area contributed by atoms with Crippen LogP contribution < -0.4 is 9.47 Å². The van der Waals surface area contributed by atoms with Gasteiger partial charge in [-0.1, -0.05) is 56.7 Å². The maximum absolute atomic E-state index is 12.2. The zero-order chi connectivity index (χ0) is 28.1. The summed E-state index contributed by atoms with van der Waals surface area (Å²) in [6, 6.07) is 15.0. The van der Waals surface area contributed by atoms with Gasteiger partial charge in [0.05, 0.1) is 19.8 Å². The number of benzene rings is 2. The molecule has 0 atom stereocenters. The number of carbonyl (C=O) groups is 3. The molecule has 0 saturated heterocycles. The van der Waals surface area contributed by atoms with Gasteiger partial charge >= 0.3 is 17.9 Å². The Bertz CT molecular complexity index is 1070. The lowest BCUT2D eigenvalue weighted by molar-refractivity contribution is -0.138. The van der Waals surface area contributed by atoms with Crippen molar-refractivity contribution in [3.63, 3.8) is 0 Å². The van der Waals surface area contributed by atoms with Gasteiger partial charge in [0.2, 0.25) is 0 Å². The molecule has 0 saturated carbocycles. The molecule has 0 amide bonds. The third-order valence-electron chi connectivity index (χ3n) is 5.67. The molecular weight excluding hydrogens is 496 g/mol. The highest BCUT2D eigenvalue weighted by atomic mass is 16.5. The van der Waals surface area contributed by atoms with Crippen LogP contribution in [0.4, 0.5) is 0 Å². The van der Waals surface area contributed by atoms with Crippen molar-refractivity contribution in [1.29, 1.82) is 0 Å². The molecule has 0 N–H and O–H groups in total. The van der Waals surface area contributed by atoms with Crippen LogP contribution in [-0.4, -0.2) is 37.7 Å². The van der Waals surface area contributed by atoms with Crippen molar-refractivity contribution in [3.8, 4) is 11.5 Å². The van der Waals surface area contributed by atoms with Gasteiger partial charge in [0.1, 0.15) is 11.5 Å². The first-order valence-electron chi connectivity index (χ1n) is 13.3. The van der Waals surface area contributed by atoms with Crippen LogP contribution in [-0.2, 0) is 30.3 Å². The largest absolute Gasteiger partial charge is 0.494 e. The van der Waals surface area contributed by atoms with Crippen molar-refractivity contribution in [3.05, 3.63) is 91.0 Å². The molecule has 0 bridgehead atoms. The number of esters is 3. The predicted octanol–water partition coefficient (Wildman–Crippen LogP) is 6.42. The normalized spacial score (nSPS) is 10.6. The summed E-state index contributed by atoms with van der Waals surface area (Å²) < 4.78 is 20.9. The summed E-state index contributed by atoms with van der Waals surface area (Å²) in [5, 5.41) is 0. The maximum Gasteiger partial charge on any atom is 0.336 e. The van der Waals surface area contributed by atoms with Crippen LogP contribution >= 0.6 is 0 Å². The van der Waals surface area contributed by atoms with Crippen molar-refractivity contribution in [2.45, 2.75) is 51.4 Å². The summed E-state index contributed by atoms with van der Waals surface area (Å²) in [6.45, 7) is 8.00. The van der Waals surface area contributed by atoms with E-state index in [2.05, 4.69) is 25.3 Å².